The molecule has 1 aromatic carbocycles. The van der Waals surface area contributed by atoms with Crippen LogP contribution in [0.2, 0.25) is 5.02 Å². The van der Waals surface area contributed by atoms with Gasteiger partial charge >= 0.3 is 5.97 Å². The van der Waals surface area contributed by atoms with E-state index in [0.29, 0.717) is 23.9 Å². The Kier molecular flexibility index (Phi) is 5.53. The Hall–Kier alpha value is -1.20. The summed E-state index contributed by atoms with van der Waals surface area (Å²) >= 11 is 7.38. The summed E-state index contributed by atoms with van der Waals surface area (Å²) in [6.07, 6.45) is 0. The highest BCUT2D eigenvalue weighted by molar-refractivity contribution is 7.99. The lowest BCUT2D eigenvalue weighted by molar-refractivity contribution is -0.149. The van der Waals surface area contributed by atoms with Crippen LogP contribution in [-0.4, -0.2) is 40.7 Å². The quantitative estimate of drug-likeness (QED) is 0.873. The van der Waals surface area contributed by atoms with Gasteiger partial charge in [0.2, 0.25) is 5.91 Å². The third kappa shape index (κ3) is 4.38. The number of amides is 1. The van der Waals surface area contributed by atoms with Gasteiger partial charge in [0, 0.05) is 29.8 Å². The second-order valence-corrected chi connectivity index (χ2v) is 6.73. The van der Waals surface area contributed by atoms with Crippen LogP contribution in [0.15, 0.2) is 24.3 Å². The van der Waals surface area contributed by atoms with Crippen molar-refractivity contribution in [1.29, 1.82) is 0 Å². The normalized spacial score (nSPS) is 16.4. The van der Waals surface area contributed by atoms with Crippen molar-refractivity contribution in [1.82, 2.24) is 4.90 Å². The first-order chi connectivity index (χ1) is 9.97. The fourth-order valence-corrected chi connectivity index (χ4v) is 3.18. The lowest BCUT2D eigenvalue weighted by atomic mass is 9.87. The summed E-state index contributed by atoms with van der Waals surface area (Å²) in [6, 6.07) is 7.58. The van der Waals surface area contributed by atoms with Crippen LogP contribution in [0.25, 0.3) is 0 Å². The van der Waals surface area contributed by atoms with Crippen LogP contribution >= 0.6 is 23.4 Å². The number of thioether (sulfide) groups is 1. The van der Waals surface area contributed by atoms with Crippen LogP contribution in [0.3, 0.4) is 0 Å². The number of carbonyl (C=O) groups excluding carboxylic acids is 1. The molecule has 114 valence electrons. The van der Waals surface area contributed by atoms with E-state index in [4.69, 9.17) is 16.7 Å². The molecule has 1 heterocycles. The lowest BCUT2D eigenvalue weighted by Crippen LogP contribution is -2.54. The molecule has 6 heteroatoms. The maximum atomic E-state index is 11.9. The molecule has 0 aromatic heterocycles. The molecule has 1 fully saturated rings. The molecule has 0 spiro atoms. The first-order valence-electron chi connectivity index (χ1n) is 6.80. The van der Waals surface area contributed by atoms with Gasteiger partial charge in [0.15, 0.2) is 0 Å². The summed E-state index contributed by atoms with van der Waals surface area (Å²) in [4.78, 5) is 24.5. The average Bonchev–Trinajstić information content (AvgIpc) is 2.39. The fraction of sp³-hybridized carbons (Fsp3) is 0.467. The largest absolute Gasteiger partial charge is 0.481 e. The molecule has 1 aliphatic heterocycles. The van der Waals surface area contributed by atoms with Crippen molar-refractivity contribution < 1.29 is 14.7 Å². The molecule has 4 nitrogen and oxygen atoms in total. The Labute approximate surface area is 133 Å². The van der Waals surface area contributed by atoms with Crippen molar-refractivity contribution in [2.75, 3.05) is 18.8 Å². The van der Waals surface area contributed by atoms with E-state index in [-0.39, 0.29) is 17.7 Å². The monoisotopic (exact) mass is 327 g/mol. The van der Waals surface area contributed by atoms with E-state index >= 15 is 0 Å². The van der Waals surface area contributed by atoms with Crippen molar-refractivity contribution in [2.45, 2.75) is 12.7 Å². The second-order valence-electron chi connectivity index (χ2n) is 5.30. The predicted octanol–water partition coefficient (Wildman–Crippen LogP) is 2.75. The standard InChI is InChI=1S/C15H18ClNO3S/c1-10(15(19)20)12-6-17(7-12)14(18)9-21-8-11-2-4-13(16)5-3-11/h2-5,10,12H,6-9H2,1H3,(H,19,20). The Bertz CT molecular complexity index is 514. The molecular weight excluding hydrogens is 310 g/mol. The van der Waals surface area contributed by atoms with Gasteiger partial charge in [-0.3, -0.25) is 9.59 Å². The molecule has 2 rings (SSSR count). The predicted molar refractivity (Wildman–Crippen MR) is 84.5 cm³/mol. The minimum absolute atomic E-state index is 0.0859. The summed E-state index contributed by atoms with van der Waals surface area (Å²) in [7, 11) is 0. The van der Waals surface area contributed by atoms with Crippen molar-refractivity contribution in [2.24, 2.45) is 11.8 Å². The number of likely N-dealkylation sites (tertiary alicyclic amines) is 1. The highest BCUT2D eigenvalue weighted by Crippen LogP contribution is 2.25. The number of nitrogens with zero attached hydrogens (tertiary/aromatic N) is 1. The van der Waals surface area contributed by atoms with Gasteiger partial charge in [0.25, 0.3) is 0 Å². The van der Waals surface area contributed by atoms with Crippen LogP contribution in [0.5, 0.6) is 0 Å². The van der Waals surface area contributed by atoms with Gasteiger partial charge in [-0.25, -0.2) is 0 Å². The third-order valence-corrected chi connectivity index (χ3v) is 5.01. The van der Waals surface area contributed by atoms with Crippen molar-refractivity contribution in [3.8, 4) is 0 Å². The molecule has 1 unspecified atom stereocenters. The highest BCUT2D eigenvalue weighted by atomic mass is 35.5. The highest BCUT2D eigenvalue weighted by Gasteiger charge is 2.36. The zero-order chi connectivity index (χ0) is 15.4. The smallest absolute Gasteiger partial charge is 0.306 e. The zero-order valence-corrected chi connectivity index (χ0v) is 13.4. The van der Waals surface area contributed by atoms with Gasteiger partial charge in [-0.2, -0.15) is 0 Å². The minimum atomic E-state index is -0.788. The SMILES string of the molecule is CC(C(=O)O)C1CN(C(=O)CSCc2ccc(Cl)cc2)C1. The van der Waals surface area contributed by atoms with Crippen molar-refractivity contribution >= 4 is 35.2 Å². The maximum Gasteiger partial charge on any atom is 0.306 e. The molecular formula is C15H18ClNO3S. The van der Waals surface area contributed by atoms with Gasteiger partial charge in [-0.1, -0.05) is 30.7 Å². The van der Waals surface area contributed by atoms with Gasteiger partial charge in [-0.05, 0) is 17.7 Å². The third-order valence-electron chi connectivity index (χ3n) is 3.77. The molecule has 0 saturated carbocycles. The number of carbonyl (C=O) groups is 2. The van der Waals surface area contributed by atoms with Crippen molar-refractivity contribution in [3.05, 3.63) is 34.9 Å². The van der Waals surface area contributed by atoms with Crippen molar-refractivity contribution in [3.63, 3.8) is 0 Å². The van der Waals surface area contributed by atoms with E-state index in [1.54, 1.807) is 23.6 Å². The molecule has 1 N–H and O–H groups in total. The summed E-state index contributed by atoms with van der Waals surface area (Å²) in [5.41, 5.74) is 1.14. The summed E-state index contributed by atoms with van der Waals surface area (Å²) < 4.78 is 0. The Morgan fingerprint density at radius 3 is 2.57 bits per heavy atom. The number of benzene rings is 1. The van der Waals surface area contributed by atoms with E-state index in [0.717, 1.165) is 11.3 Å². The molecule has 0 bridgehead atoms. The molecule has 0 aliphatic carbocycles. The number of carboxylic acid groups (broad SMARTS) is 1. The number of aliphatic carboxylic acids is 1. The molecule has 1 amide bonds. The first-order valence-corrected chi connectivity index (χ1v) is 8.33. The van der Waals surface area contributed by atoms with E-state index in [1.165, 1.54) is 0 Å². The Morgan fingerprint density at radius 2 is 2.00 bits per heavy atom. The van der Waals surface area contributed by atoms with Crippen LogP contribution in [0.4, 0.5) is 0 Å². The number of hydrogen-bond donors (Lipinski definition) is 1. The van der Waals surface area contributed by atoms with Crippen LogP contribution in [0.1, 0.15) is 12.5 Å². The average molecular weight is 328 g/mol. The summed E-state index contributed by atoms with van der Waals surface area (Å²) in [6.45, 7) is 2.83. The molecule has 1 aromatic rings. The number of hydrogen-bond acceptors (Lipinski definition) is 3. The lowest BCUT2D eigenvalue weighted by Gasteiger charge is -2.41. The van der Waals surface area contributed by atoms with Crippen LogP contribution in [0, 0.1) is 11.8 Å². The Balaban J connectivity index is 1.67. The topological polar surface area (TPSA) is 57.6 Å². The van der Waals surface area contributed by atoms with E-state index in [2.05, 4.69) is 0 Å². The maximum absolute atomic E-state index is 11.9. The number of halogens is 1. The number of carboxylic acids is 1. The molecule has 1 saturated heterocycles. The van der Waals surface area contributed by atoms with Gasteiger partial charge in [0.1, 0.15) is 0 Å². The van der Waals surface area contributed by atoms with Gasteiger partial charge < -0.3 is 10.0 Å². The molecule has 1 aliphatic rings. The van der Waals surface area contributed by atoms with E-state index < -0.39 is 5.97 Å². The van der Waals surface area contributed by atoms with Crippen LogP contribution in [-0.2, 0) is 15.3 Å². The molecule has 0 radical (unpaired) electrons. The second kappa shape index (κ2) is 7.18. The van der Waals surface area contributed by atoms with E-state index in [1.807, 2.05) is 24.3 Å². The van der Waals surface area contributed by atoms with E-state index in [9.17, 15) is 9.59 Å². The first kappa shape index (κ1) is 16.2. The Morgan fingerprint density at radius 1 is 1.38 bits per heavy atom. The number of rotatable bonds is 6. The minimum Gasteiger partial charge on any atom is -0.481 e. The van der Waals surface area contributed by atoms with Gasteiger partial charge in [-0.15, -0.1) is 11.8 Å². The van der Waals surface area contributed by atoms with Crippen LogP contribution < -0.4 is 0 Å². The van der Waals surface area contributed by atoms with Gasteiger partial charge in [0.05, 0.1) is 11.7 Å². The zero-order valence-electron chi connectivity index (χ0n) is 11.8. The fourth-order valence-electron chi connectivity index (χ4n) is 2.16. The summed E-state index contributed by atoms with van der Waals surface area (Å²) in [5.74, 6) is 0.207. The molecule has 21 heavy (non-hydrogen) atoms. The summed E-state index contributed by atoms with van der Waals surface area (Å²) in [5, 5.41) is 9.62. The molecule has 1 atom stereocenters.